The number of benzene rings is 1. The van der Waals surface area contributed by atoms with Crippen LogP contribution in [0, 0.1) is 0 Å². The molecule has 0 spiro atoms. The van der Waals surface area contributed by atoms with Gasteiger partial charge in [0, 0.05) is 7.26 Å². The van der Waals surface area contributed by atoms with E-state index in [2.05, 4.69) is 34.6 Å². The lowest BCUT2D eigenvalue weighted by molar-refractivity contribution is 0.463. The smallest absolute Gasteiger partial charge is 0.124 e. The van der Waals surface area contributed by atoms with Crippen LogP contribution >= 0.6 is 7.26 Å². The third kappa shape index (κ3) is 35.2. The first-order valence-electron chi connectivity index (χ1n) is 24.7. The summed E-state index contributed by atoms with van der Waals surface area (Å²) < 4.78 is 32.5. The summed E-state index contributed by atoms with van der Waals surface area (Å²) in [6, 6.07) is 6.32. The Morgan fingerprint density at radius 1 is 0.364 bits per heavy atom. The van der Waals surface area contributed by atoms with Gasteiger partial charge in [0.25, 0.3) is 0 Å². The van der Waals surface area contributed by atoms with Crippen LogP contribution in [0.1, 0.15) is 258 Å². The van der Waals surface area contributed by atoms with E-state index in [1.165, 1.54) is 198 Å². The summed E-state index contributed by atoms with van der Waals surface area (Å²) in [5, 5.41) is 0. The van der Waals surface area contributed by atoms with Crippen LogP contribution in [0.5, 0.6) is 0 Å². The van der Waals surface area contributed by atoms with Crippen LogP contribution in [0.3, 0.4) is 0 Å². The summed E-state index contributed by atoms with van der Waals surface area (Å²) in [7, 11) is -5.01. The molecule has 0 aliphatic carbocycles. The van der Waals surface area contributed by atoms with Gasteiger partial charge in [0.05, 0.1) is 29.5 Å². The molecule has 0 aliphatic heterocycles. The van der Waals surface area contributed by atoms with Crippen molar-refractivity contribution in [2.45, 2.75) is 264 Å². The first kappa shape index (κ1) is 54.6. The Kier molecular flexibility index (Phi) is 40.0. The summed E-state index contributed by atoms with van der Waals surface area (Å²) in [5.74, 6) is 0. The molecular formula is C50H97O3PS. The largest absolute Gasteiger partial charge is 0.744 e. The molecule has 1 rings (SSSR count). The van der Waals surface area contributed by atoms with Crippen LogP contribution < -0.4 is 0 Å². The molecule has 0 N–H and O–H groups in total. The molecule has 0 bridgehead atoms. The highest BCUT2D eigenvalue weighted by Crippen LogP contribution is 2.61. The SMILES string of the molecule is CCCCCCCCCCCCCC[P+](CCCCCC)(CCCCCC)CCCCCC.CCCCCCCCCCCCc1ccc(S(=O)(=O)[O-])cc1. The van der Waals surface area contributed by atoms with Crippen molar-refractivity contribution < 1.29 is 13.0 Å². The van der Waals surface area contributed by atoms with Crippen LogP contribution in [0.4, 0.5) is 0 Å². The first-order chi connectivity index (χ1) is 26.8. The van der Waals surface area contributed by atoms with Crippen molar-refractivity contribution in [3.8, 4) is 0 Å². The molecule has 326 valence electrons. The molecule has 0 saturated heterocycles. The van der Waals surface area contributed by atoms with Gasteiger partial charge in [-0.05, 0) is 81.9 Å². The van der Waals surface area contributed by atoms with Crippen molar-refractivity contribution in [1.29, 1.82) is 0 Å². The van der Waals surface area contributed by atoms with Gasteiger partial charge in [0.15, 0.2) is 0 Å². The van der Waals surface area contributed by atoms with E-state index in [0.717, 1.165) is 18.4 Å². The molecule has 0 aliphatic rings. The molecule has 1 aromatic carbocycles. The zero-order valence-corrected chi connectivity index (χ0v) is 39.7. The fourth-order valence-corrected chi connectivity index (χ4v) is 13.6. The maximum absolute atomic E-state index is 10.8. The minimum absolute atomic E-state index is 0.140. The second-order valence-electron chi connectivity index (χ2n) is 17.3. The van der Waals surface area contributed by atoms with Gasteiger partial charge in [-0.15, -0.1) is 0 Å². The van der Waals surface area contributed by atoms with E-state index in [4.69, 9.17) is 0 Å². The van der Waals surface area contributed by atoms with Crippen LogP contribution in [0.2, 0.25) is 0 Å². The normalized spacial score (nSPS) is 11.9. The van der Waals surface area contributed by atoms with Gasteiger partial charge >= 0.3 is 0 Å². The van der Waals surface area contributed by atoms with Gasteiger partial charge in [-0.3, -0.25) is 0 Å². The predicted octanol–water partition coefficient (Wildman–Crippen LogP) is 17.5. The maximum Gasteiger partial charge on any atom is 0.124 e. The number of hydrogen-bond acceptors (Lipinski definition) is 3. The molecule has 0 fully saturated rings. The number of rotatable bonds is 40. The summed E-state index contributed by atoms with van der Waals surface area (Å²) in [5.41, 5.74) is 1.10. The van der Waals surface area contributed by atoms with Gasteiger partial charge in [-0.1, -0.05) is 207 Å². The molecule has 0 saturated carbocycles. The lowest BCUT2D eigenvalue weighted by Gasteiger charge is -2.28. The maximum atomic E-state index is 10.8. The fourth-order valence-electron chi connectivity index (χ4n) is 8.22. The van der Waals surface area contributed by atoms with Crippen molar-refractivity contribution >= 4 is 17.4 Å². The average Bonchev–Trinajstić information content (AvgIpc) is 3.18. The van der Waals surface area contributed by atoms with Gasteiger partial charge in [0.1, 0.15) is 10.1 Å². The molecule has 55 heavy (non-hydrogen) atoms. The van der Waals surface area contributed by atoms with Crippen LogP contribution in [0.25, 0.3) is 0 Å². The highest BCUT2D eigenvalue weighted by molar-refractivity contribution is 7.85. The number of hydrogen-bond donors (Lipinski definition) is 0. The van der Waals surface area contributed by atoms with E-state index in [1.54, 1.807) is 62.5 Å². The lowest BCUT2D eigenvalue weighted by atomic mass is 10.0. The van der Waals surface area contributed by atoms with E-state index in [1.807, 2.05) is 0 Å². The topological polar surface area (TPSA) is 57.2 Å². The van der Waals surface area contributed by atoms with Crippen molar-refractivity contribution in [3.63, 3.8) is 0 Å². The second kappa shape index (κ2) is 40.3. The standard InChI is InChI=1S/C32H68P.C18H30O3S/c1-5-9-13-17-18-19-20-21-22-23-24-28-32-33(29-25-14-10-6-2,30-26-15-11-7-3)31-27-16-12-8-4;1-2-3-4-5-6-7-8-9-10-11-12-17-13-15-18(16-14-17)22(19,20)21/h5-32H2,1-4H3;13-16H,2-12H2,1H3,(H,19,20,21)/q+1;/p-1. The molecule has 0 aromatic heterocycles. The minimum atomic E-state index is -4.31. The monoisotopic (exact) mass is 809 g/mol. The second-order valence-corrected chi connectivity index (χ2v) is 23.2. The summed E-state index contributed by atoms with van der Waals surface area (Å²) in [6.45, 7) is 11.7. The summed E-state index contributed by atoms with van der Waals surface area (Å²) in [6.07, 6.45) is 56.1. The molecule has 0 atom stereocenters. The van der Waals surface area contributed by atoms with Gasteiger partial charge in [-0.25, -0.2) is 8.42 Å². The Hall–Kier alpha value is -0.440. The number of aryl methyl sites for hydroxylation is 1. The van der Waals surface area contributed by atoms with E-state index in [0.29, 0.717) is 0 Å². The Labute approximate surface area is 347 Å². The average molecular weight is 809 g/mol. The lowest BCUT2D eigenvalue weighted by Crippen LogP contribution is -2.13. The van der Waals surface area contributed by atoms with Gasteiger partial charge < -0.3 is 4.55 Å². The molecule has 3 nitrogen and oxygen atoms in total. The fraction of sp³-hybridized carbons (Fsp3) is 0.880. The highest BCUT2D eigenvalue weighted by atomic mass is 32.2. The van der Waals surface area contributed by atoms with Crippen LogP contribution in [-0.2, 0) is 16.5 Å². The quantitative estimate of drug-likeness (QED) is 0.0377. The van der Waals surface area contributed by atoms with Crippen molar-refractivity contribution in [2.24, 2.45) is 0 Å². The summed E-state index contributed by atoms with van der Waals surface area (Å²) >= 11 is 0. The molecular weight excluding hydrogens is 712 g/mol. The zero-order valence-electron chi connectivity index (χ0n) is 38.0. The van der Waals surface area contributed by atoms with E-state index in [-0.39, 0.29) is 4.90 Å². The third-order valence-corrected chi connectivity index (χ3v) is 17.9. The minimum Gasteiger partial charge on any atom is -0.744 e. The molecule has 0 amide bonds. The highest BCUT2D eigenvalue weighted by Gasteiger charge is 2.34. The molecule has 5 heteroatoms. The van der Waals surface area contributed by atoms with E-state index >= 15 is 0 Å². The van der Waals surface area contributed by atoms with E-state index in [9.17, 15) is 13.0 Å². The first-order valence-corrected chi connectivity index (χ1v) is 28.6. The van der Waals surface area contributed by atoms with Crippen molar-refractivity contribution in [3.05, 3.63) is 29.8 Å². The summed E-state index contributed by atoms with van der Waals surface area (Å²) in [4.78, 5) is -0.140. The van der Waals surface area contributed by atoms with E-state index < -0.39 is 17.4 Å². The molecule has 1 aromatic rings. The Balaban J connectivity index is 0.00000115. The predicted molar refractivity (Wildman–Crippen MR) is 250 cm³/mol. The number of unbranched alkanes of at least 4 members (excludes halogenated alkanes) is 29. The van der Waals surface area contributed by atoms with Gasteiger partial charge in [0.2, 0.25) is 0 Å². The van der Waals surface area contributed by atoms with Crippen LogP contribution in [0.15, 0.2) is 29.2 Å². The molecule has 0 unspecified atom stereocenters. The molecule has 0 radical (unpaired) electrons. The zero-order chi connectivity index (χ0) is 40.6. The molecule has 0 heterocycles. The Morgan fingerprint density at radius 3 is 0.873 bits per heavy atom. The van der Waals surface area contributed by atoms with Gasteiger partial charge in [-0.2, -0.15) is 0 Å². The Bertz CT molecular complexity index is 977. The van der Waals surface area contributed by atoms with Crippen LogP contribution in [-0.4, -0.2) is 37.6 Å². The van der Waals surface area contributed by atoms with Crippen molar-refractivity contribution in [1.82, 2.24) is 0 Å². The van der Waals surface area contributed by atoms with Crippen molar-refractivity contribution in [2.75, 3.05) is 24.6 Å². The third-order valence-electron chi connectivity index (χ3n) is 12.0. The Morgan fingerprint density at radius 2 is 0.600 bits per heavy atom.